The van der Waals surface area contributed by atoms with Crippen molar-refractivity contribution in [1.29, 1.82) is 0 Å². The maximum atomic E-state index is 12.2. The summed E-state index contributed by atoms with van der Waals surface area (Å²) in [6.07, 6.45) is 62.9. The van der Waals surface area contributed by atoms with Crippen molar-refractivity contribution in [2.24, 2.45) is 0 Å². The van der Waals surface area contributed by atoms with Crippen molar-refractivity contribution >= 4 is 11.9 Å². The maximum Gasteiger partial charge on any atom is 0.306 e. The van der Waals surface area contributed by atoms with Crippen LogP contribution in [0.25, 0.3) is 0 Å². The minimum absolute atomic E-state index is 0.0969. The first kappa shape index (κ1) is 53.3. The van der Waals surface area contributed by atoms with Gasteiger partial charge >= 0.3 is 11.9 Å². The van der Waals surface area contributed by atoms with Crippen LogP contribution in [0.4, 0.5) is 0 Å². The van der Waals surface area contributed by atoms with Crippen molar-refractivity contribution in [3.8, 4) is 0 Å². The molecule has 1 N–H and O–H groups in total. The van der Waals surface area contributed by atoms with Crippen molar-refractivity contribution in [1.82, 2.24) is 0 Å². The average molecular weight is 781 g/mol. The highest BCUT2D eigenvalue weighted by molar-refractivity contribution is 5.70. The second-order valence-electron chi connectivity index (χ2n) is 15.5. The van der Waals surface area contributed by atoms with E-state index in [2.05, 4.69) is 74.6 Å². The molecule has 0 aliphatic heterocycles. The van der Waals surface area contributed by atoms with E-state index in [0.717, 1.165) is 57.8 Å². The maximum absolute atomic E-state index is 12.2. The Bertz CT molecular complexity index is 1020. The number of esters is 2. The number of aliphatic hydroxyl groups excluding tert-OH is 1. The molecule has 0 aromatic heterocycles. The van der Waals surface area contributed by atoms with E-state index < -0.39 is 12.1 Å². The van der Waals surface area contributed by atoms with Gasteiger partial charge in [0, 0.05) is 12.8 Å². The molecule has 0 aliphatic rings. The highest BCUT2D eigenvalue weighted by Gasteiger charge is 2.15. The first-order valence-electron chi connectivity index (χ1n) is 23.5. The summed E-state index contributed by atoms with van der Waals surface area (Å²) in [4.78, 5) is 24.3. The smallest absolute Gasteiger partial charge is 0.306 e. The Labute approximate surface area is 346 Å². The number of allylic oxidation sites excluding steroid dienone is 12. The van der Waals surface area contributed by atoms with Crippen LogP contribution in [-0.2, 0) is 19.1 Å². The molecule has 0 saturated heterocycles. The van der Waals surface area contributed by atoms with E-state index in [1.165, 1.54) is 128 Å². The van der Waals surface area contributed by atoms with E-state index in [4.69, 9.17) is 9.47 Å². The van der Waals surface area contributed by atoms with Gasteiger partial charge in [0.1, 0.15) is 6.61 Å². The van der Waals surface area contributed by atoms with Crippen molar-refractivity contribution in [3.63, 3.8) is 0 Å². The Kier molecular flexibility index (Phi) is 44.5. The van der Waals surface area contributed by atoms with Gasteiger partial charge in [0.25, 0.3) is 0 Å². The first-order chi connectivity index (χ1) is 27.6. The summed E-state index contributed by atoms with van der Waals surface area (Å²) in [6, 6.07) is 0. The van der Waals surface area contributed by atoms with Gasteiger partial charge in [-0.2, -0.15) is 0 Å². The van der Waals surface area contributed by atoms with Crippen molar-refractivity contribution in [2.75, 3.05) is 13.2 Å². The van der Waals surface area contributed by atoms with Crippen LogP contribution in [0.3, 0.4) is 0 Å². The lowest BCUT2D eigenvalue weighted by molar-refractivity contribution is -0.161. The summed E-state index contributed by atoms with van der Waals surface area (Å²) in [7, 11) is 0. The first-order valence-corrected chi connectivity index (χ1v) is 23.5. The summed E-state index contributed by atoms with van der Waals surface area (Å²) in [6.45, 7) is 3.98. The monoisotopic (exact) mass is 781 g/mol. The molecule has 0 rings (SSSR count). The molecule has 0 saturated carbocycles. The van der Waals surface area contributed by atoms with Gasteiger partial charge in [-0.15, -0.1) is 0 Å². The molecule has 5 heteroatoms. The highest BCUT2D eigenvalue weighted by Crippen LogP contribution is 2.16. The molecule has 5 nitrogen and oxygen atoms in total. The van der Waals surface area contributed by atoms with Gasteiger partial charge in [-0.25, -0.2) is 0 Å². The lowest BCUT2D eigenvalue weighted by Gasteiger charge is -2.15. The summed E-state index contributed by atoms with van der Waals surface area (Å²) < 4.78 is 10.6. The summed E-state index contributed by atoms with van der Waals surface area (Å²) in [5.41, 5.74) is 0. The number of hydrogen-bond acceptors (Lipinski definition) is 5. The molecule has 0 heterocycles. The van der Waals surface area contributed by atoms with Gasteiger partial charge in [-0.3, -0.25) is 9.59 Å². The number of unbranched alkanes of at least 4 members (excludes halogenated alkanes) is 22. The zero-order valence-electron chi connectivity index (χ0n) is 36.6. The summed E-state index contributed by atoms with van der Waals surface area (Å²) in [5, 5.41) is 9.59. The minimum Gasteiger partial charge on any atom is -0.462 e. The number of rotatable bonds is 42. The molecule has 0 radical (unpaired) electrons. The molecule has 0 aromatic rings. The topological polar surface area (TPSA) is 72.8 Å². The number of ether oxygens (including phenoxy) is 2. The Balaban J connectivity index is 3.59. The van der Waals surface area contributed by atoms with Crippen LogP contribution in [0.2, 0.25) is 0 Å². The normalized spacial score (nSPS) is 12.8. The molecule has 0 bridgehead atoms. The van der Waals surface area contributed by atoms with Gasteiger partial charge < -0.3 is 14.6 Å². The molecular formula is C51H88O5. The third-order valence-corrected chi connectivity index (χ3v) is 10.0. The SMILES string of the molecule is CC/C=C/C/C=C/C/C=C/C/C=C/C/C=C/C/C=C/CCC(=O)O[C@@H](CO)COC(=O)CCCCCCCCCCCCCCCCCCCCCCCCC. The van der Waals surface area contributed by atoms with Crippen LogP contribution >= 0.6 is 0 Å². The molecule has 0 spiro atoms. The van der Waals surface area contributed by atoms with E-state index in [9.17, 15) is 14.7 Å². The van der Waals surface area contributed by atoms with Crippen molar-refractivity contribution in [2.45, 2.75) is 225 Å². The predicted octanol–water partition coefficient (Wildman–Crippen LogP) is 15.3. The van der Waals surface area contributed by atoms with E-state index in [0.29, 0.717) is 12.8 Å². The fourth-order valence-electron chi connectivity index (χ4n) is 6.52. The van der Waals surface area contributed by atoms with E-state index in [1.54, 1.807) is 0 Å². The van der Waals surface area contributed by atoms with Gasteiger partial charge in [-0.05, 0) is 51.4 Å². The van der Waals surface area contributed by atoms with E-state index in [-0.39, 0.29) is 25.6 Å². The fraction of sp³-hybridized carbons (Fsp3) is 0.725. The van der Waals surface area contributed by atoms with Gasteiger partial charge in [0.15, 0.2) is 6.10 Å². The minimum atomic E-state index is -0.814. The summed E-state index contributed by atoms with van der Waals surface area (Å²) >= 11 is 0. The zero-order valence-corrected chi connectivity index (χ0v) is 36.6. The molecule has 0 aromatic carbocycles. The number of aliphatic hydroxyl groups is 1. The summed E-state index contributed by atoms with van der Waals surface area (Å²) in [5.74, 6) is -0.685. The van der Waals surface area contributed by atoms with Gasteiger partial charge in [0.05, 0.1) is 6.61 Å². The number of hydrogen-bond donors (Lipinski definition) is 1. The molecule has 0 unspecified atom stereocenters. The largest absolute Gasteiger partial charge is 0.462 e. The third-order valence-electron chi connectivity index (χ3n) is 10.0. The van der Waals surface area contributed by atoms with Gasteiger partial charge in [-0.1, -0.05) is 228 Å². The Hall–Kier alpha value is -2.66. The Morgan fingerprint density at radius 1 is 0.429 bits per heavy atom. The third kappa shape index (κ3) is 44.1. The van der Waals surface area contributed by atoms with Crippen LogP contribution in [0, 0.1) is 0 Å². The van der Waals surface area contributed by atoms with Crippen LogP contribution in [0.5, 0.6) is 0 Å². The lowest BCUT2D eigenvalue weighted by atomic mass is 10.0. The number of carbonyl (C=O) groups excluding carboxylic acids is 2. The molecule has 322 valence electrons. The predicted molar refractivity (Wildman–Crippen MR) is 242 cm³/mol. The molecule has 1 atom stereocenters. The van der Waals surface area contributed by atoms with Crippen molar-refractivity contribution in [3.05, 3.63) is 72.9 Å². The van der Waals surface area contributed by atoms with Crippen molar-refractivity contribution < 1.29 is 24.2 Å². The average Bonchev–Trinajstić information content (AvgIpc) is 3.20. The van der Waals surface area contributed by atoms with Crippen LogP contribution in [0.1, 0.15) is 219 Å². The second-order valence-corrected chi connectivity index (χ2v) is 15.5. The van der Waals surface area contributed by atoms with Crippen LogP contribution < -0.4 is 0 Å². The Morgan fingerprint density at radius 3 is 1.12 bits per heavy atom. The molecular weight excluding hydrogens is 693 g/mol. The quantitative estimate of drug-likeness (QED) is 0.0379. The zero-order chi connectivity index (χ0) is 40.7. The molecule has 56 heavy (non-hydrogen) atoms. The number of carbonyl (C=O) groups is 2. The lowest BCUT2D eigenvalue weighted by Crippen LogP contribution is -2.28. The van der Waals surface area contributed by atoms with E-state index >= 15 is 0 Å². The van der Waals surface area contributed by atoms with Gasteiger partial charge in [0.2, 0.25) is 0 Å². The fourth-order valence-corrected chi connectivity index (χ4v) is 6.52. The Morgan fingerprint density at radius 2 is 0.768 bits per heavy atom. The highest BCUT2D eigenvalue weighted by atomic mass is 16.6. The molecule has 0 fully saturated rings. The van der Waals surface area contributed by atoms with Crippen LogP contribution in [0.15, 0.2) is 72.9 Å². The molecule has 0 amide bonds. The molecule has 0 aliphatic carbocycles. The van der Waals surface area contributed by atoms with Crippen LogP contribution in [-0.4, -0.2) is 36.4 Å². The van der Waals surface area contributed by atoms with E-state index in [1.807, 2.05) is 12.2 Å². The standard InChI is InChI=1S/C51H88O5/c1-3-5-7-9-11-13-15-17-19-21-23-24-25-26-28-29-31-33-35-37-39-41-43-45-50(53)55-48-49(47-52)56-51(54)46-44-42-40-38-36-34-32-30-27-22-20-18-16-14-12-10-8-6-4-2/h6,8,12,14,18,20,27,30,34,36,40,42,49,52H,3-5,7,9-11,13,15-17,19,21-26,28-29,31-33,35,37-39,41,43-48H2,1-2H3/b8-6+,14-12+,20-18+,30-27+,36-34+,42-40+/t49-/m0/s1. The second kappa shape index (κ2) is 46.7.